The van der Waals surface area contributed by atoms with Crippen molar-refractivity contribution in [2.24, 2.45) is 0 Å². The fourth-order valence-corrected chi connectivity index (χ4v) is 4.40. The number of sulfonamides is 1. The molecule has 2 saturated heterocycles. The molecule has 0 aromatic heterocycles. The fourth-order valence-electron chi connectivity index (χ4n) is 2.33. The zero-order chi connectivity index (χ0) is 13.9. The van der Waals surface area contributed by atoms with Crippen LogP contribution in [0.1, 0.15) is 19.8 Å². The Morgan fingerprint density at radius 2 is 2.05 bits per heavy atom. The molecule has 2 rings (SSSR count). The maximum absolute atomic E-state index is 11.9. The first-order chi connectivity index (χ1) is 9.03. The van der Waals surface area contributed by atoms with Gasteiger partial charge in [-0.2, -0.15) is 0 Å². The van der Waals surface area contributed by atoms with Gasteiger partial charge >= 0.3 is 0 Å². The second kappa shape index (κ2) is 7.84. The maximum atomic E-state index is 11.9. The van der Waals surface area contributed by atoms with E-state index in [1.165, 1.54) is 4.31 Å². The third kappa shape index (κ3) is 4.49. The molecule has 0 aromatic carbocycles. The molecular weight excluding hydrogens is 322 g/mol. The van der Waals surface area contributed by atoms with Gasteiger partial charge < -0.3 is 5.32 Å². The number of carbonyl (C=O) groups excluding carboxylic acids is 1. The Hall–Kier alpha value is -0.0200. The molecule has 0 aromatic rings. The molecule has 0 spiro atoms. The van der Waals surface area contributed by atoms with Gasteiger partial charge in [0.25, 0.3) is 0 Å². The first-order valence-electron chi connectivity index (χ1n) is 6.62. The summed E-state index contributed by atoms with van der Waals surface area (Å²) >= 11 is 1.72. The summed E-state index contributed by atoms with van der Waals surface area (Å²) in [7, 11) is -3.08. The number of halogens is 1. The highest BCUT2D eigenvalue weighted by atomic mass is 35.5. The SMILES string of the molecule is CCS(=O)(=O)N1CCC(NC(=O)C2CSCN2)CC1.Cl. The number of thioether (sulfide) groups is 1. The van der Waals surface area contributed by atoms with E-state index in [1.807, 2.05) is 0 Å². The van der Waals surface area contributed by atoms with Gasteiger partial charge in [0, 0.05) is 30.8 Å². The Balaban J connectivity index is 0.00000200. The highest BCUT2D eigenvalue weighted by Crippen LogP contribution is 2.15. The molecule has 0 bridgehead atoms. The monoisotopic (exact) mass is 343 g/mol. The van der Waals surface area contributed by atoms with Gasteiger partial charge in [-0.05, 0) is 19.8 Å². The highest BCUT2D eigenvalue weighted by molar-refractivity contribution is 7.99. The topological polar surface area (TPSA) is 78.5 Å². The molecule has 2 aliphatic rings. The predicted molar refractivity (Wildman–Crippen MR) is 83.7 cm³/mol. The van der Waals surface area contributed by atoms with Gasteiger partial charge in [0.2, 0.25) is 15.9 Å². The van der Waals surface area contributed by atoms with E-state index in [4.69, 9.17) is 0 Å². The number of piperidine rings is 1. The summed E-state index contributed by atoms with van der Waals surface area (Å²) in [6.07, 6.45) is 1.40. The van der Waals surface area contributed by atoms with E-state index in [2.05, 4.69) is 10.6 Å². The van der Waals surface area contributed by atoms with Gasteiger partial charge in [-0.3, -0.25) is 10.1 Å². The minimum Gasteiger partial charge on any atom is -0.352 e. The van der Waals surface area contributed by atoms with Gasteiger partial charge in [-0.1, -0.05) is 0 Å². The van der Waals surface area contributed by atoms with Crippen LogP contribution in [0.15, 0.2) is 0 Å². The van der Waals surface area contributed by atoms with Crippen LogP contribution in [0.4, 0.5) is 0 Å². The summed E-state index contributed by atoms with van der Waals surface area (Å²) in [5, 5.41) is 6.15. The van der Waals surface area contributed by atoms with Gasteiger partial charge in [0.05, 0.1) is 11.8 Å². The van der Waals surface area contributed by atoms with Gasteiger partial charge in [-0.25, -0.2) is 12.7 Å². The standard InChI is InChI=1S/C11H21N3O3S2.ClH/c1-2-19(16,17)14-5-3-9(4-6-14)13-11(15)10-7-18-8-12-10;/h9-10,12H,2-8H2,1H3,(H,13,15);1H. The lowest BCUT2D eigenvalue weighted by Gasteiger charge is -2.31. The van der Waals surface area contributed by atoms with E-state index >= 15 is 0 Å². The summed E-state index contributed by atoms with van der Waals surface area (Å²) in [5.41, 5.74) is 0. The van der Waals surface area contributed by atoms with Crippen LogP contribution in [0.25, 0.3) is 0 Å². The molecule has 20 heavy (non-hydrogen) atoms. The number of rotatable bonds is 4. The molecule has 0 aliphatic carbocycles. The molecular formula is C11H22ClN3O3S2. The van der Waals surface area contributed by atoms with E-state index in [0.29, 0.717) is 25.9 Å². The summed E-state index contributed by atoms with van der Waals surface area (Å²) in [6, 6.07) is 0.00519. The minimum absolute atomic E-state index is 0. The summed E-state index contributed by atoms with van der Waals surface area (Å²) in [5.74, 6) is 1.83. The highest BCUT2D eigenvalue weighted by Gasteiger charge is 2.29. The summed E-state index contributed by atoms with van der Waals surface area (Å²) in [6.45, 7) is 2.68. The maximum Gasteiger partial charge on any atom is 0.238 e. The Morgan fingerprint density at radius 3 is 2.55 bits per heavy atom. The van der Waals surface area contributed by atoms with Crippen LogP contribution in [0, 0.1) is 0 Å². The number of amides is 1. The largest absolute Gasteiger partial charge is 0.352 e. The molecule has 118 valence electrons. The van der Waals surface area contributed by atoms with Crippen molar-refractivity contribution in [3.63, 3.8) is 0 Å². The Bertz CT molecular complexity index is 419. The molecule has 2 N–H and O–H groups in total. The van der Waals surface area contributed by atoms with Gasteiger partial charge in [0.15, 0.2) is 0 Å². The second-order valence-electron chi connectivity index (χ2n) is 4.85. The molecule has 2 aliphatic heterocycles. The van der Waals surface area contributed by atoms with Crippen LogP contribution >= 0.6 is 24.2 Å². The average molecular weight is 344 g/mol. The zero-order valence-electron chi connectivity index (χ0n) is 11.5. The van der Waals surface area contributed by atoms with Crippen LogP contribution < -0.4 is 10.6 Å². The van der Waals surface area contributed by atoms with E-state index in [-0.39, 0.29) is 36.2 Å². The molecule has 1 amide bonds. The van der Waals surface area contributed by atoms with Crippen molar-refractivity contribution in [2.75, 3.05) is 30.5 Å². The van der Waals surface area contributed by atoms with Crippen molar-refractivity contribution in [1.82, 2.24) is 14.9 Å². The quantitative estimate of drug-likeness (QED) is 0.751. The van der Waals surface area contributed by atoms with Crippen LogP contribution in [-0.2, 0) is 14.8 Å². The first kappa shape index (κ1) is 18.0. The van der Waals surface area contributed by atoms with Crippen molar-refractivity contribution in [3.8, 4) is 0 Å². The van der Waals surface area contributed by atoms with E-state index in [0.717, 1.165) is 11.6 Å². The number of hydrogen-bond acceptors (Lipinski definition) is 5. The number of nitrogens with one attached hydrogen (secondary N) is 2. The number of hydrogen-bond donors (Lipinski definition) is 2. The Kier molecular flexibility index (Phi) is 7.07. The van der Waals surface area contributed by atoms with Crippen molar-refractivity contribution >= 4 is 40.1 Å². The van der Waals surface area contributed by atoms with Crippen LogP contribution in [-0.4, -0.2) is 61.2 Å². The molecule has 9 heteroatoms. The number of nitrogens with zero attached hydrogens (tertiary/aromatic N) is 1. The van der Waals surface area contributed by atoms with Crippen molar-refractivity contribution in [1.29, 1.82) is 0 Å². The molecule has 0 radical (unpaired) electrons. The Labute approximate surface area is 130 Å². The van der Waals surface area contributed by atoms with Crippen molar-refractivity contribution < 1.29 is 13.2 Å². The summed E-state index contributed by atoms with van der Waals surface area (Å²) in [4.78, 5) is 11.9. The van der Waals surface area contributed by atoms with Crippen LogP contribution in [0.3, 0.4) is 0 Å². The van der Waals surface area contributed by atoms with Crippen molar-refractivity contribution in [3.05, 3.63) is 0 Å². The molecule has 6 nitrogen and oxygen atoms in total. The lowest BCUT2D eigenvalue weighted by molar-refractivity contribution is -0.123. The van der Waals surface area contributed by atoms with Crippen molar-refractivity contribution in [2.45, 2.75) is 31.8 Å². The normalized spacial score (nSPS) is 25.1. The number of carbonyl (C=O) groups is 1. The third-order valence-electron chi connectivity index (χ3n) is 3.59. The summed E-state index contributed by atoms with van der Waals surface area (Å²) < 4.78 is 25.0. The molecule has 2 heterocycles. The average Bonchev–Trinajstić information content (AvgIpc) is 2.93. The predicted octanol–water partition coefficient (Wildman–Crippen LogP) is 0.00100. The van der Waals surface area contributed by atoms with Crippen LogP contribution in [0.2, 0.25) is 0 Å². The third-order valence-corrected chi connectivity index (χ3v) is 6.41. The van der Waals surface area contributed by atoms with E-state index < -0.39 is 10.0 Å². The molecule has 1 unspecified atom stereocenters. The molecule has 0 saturated carbocycles. The van der Waals surface area contributed by atoms with E-state index in [9.17, 15) is 13.2 Å². The van der Waals surface area contributed by atoms with Gasteiger partial charge in [-0.15, -0.1) is 24.2 Å². The Morgan fingerprint density at radius 1 is 1.40 bits per heavy atom. The second-order valence-corrected chi connectivity index (χ2v) is 8.14. The van der Waals surface area contributed by atoms with Gasteiger partial charge in [0.1, 0.15) is 0 Å². The smallest absolute Gasteiger partial charge is 0.238 e. The van der Waals surface area contributed by atoms with Crippen LogP contribution in [0.5, 0.6) is 0 Å². The fraction of sp³-hybridized carbons (Fsp3) is 0.909. The zero-order valence-corrected chi connectivity index (χ0v) is 14.0. The molecule has 2 fully saturated rings. The lowest BCUT2D eigenvalue weighted by atomic mass is 10.1. The first-order valence-corrected chi connectivity index (χ1v) is 9.38. The molecule has 1 atom stereocenters. The van der Waals surface area contributed by atoms with E-state index in [1.54, 1.807) is 18.7 Å². The lowest BCUT2D eigenvalue weighted by Crippen LogP contribution is -2.51. The minimum atomic E-state index is -3.08.